The van der Waals surface area contributed by atoms with Crippen LogP contribution < -0.4 is 5.11 Å². The predicted molar refractivity (Wildman–Crippen MR) is 306 cm³/mol. The second kappa shape index (κ2) is 54.5. The minimum absolute atomic E-state index is 0.119. The maximum atomic E-state index is 12.8. The molecule has 0 fully saturated rings. The highest BCUT2D eigenvalue weighted by Gasteiger charge is 2.21. The third-order valence-electron chi connectivity index (χ3n) is 12.3. The summed E-state index contributed by atoms with van der Waals surface area (Å²) < 4.78 is 22.6. The zero-order valence-electron chi connectivity index (χ0n) is 47.5. The minimum Gasteiger partial charge on any atom is -0.545 e. The first-order valence-corrected chi connectivity index (χ1v) is 29.4. The van der Waals surface area contributed by atoms with Crippen molar-refractivity contribution < 1.29 is 42.9 Å². The summed E-state index contributed by atoms with van der Waals surface area (Å²) in [4.78, 5) is 37.2. The van der Waals surface area contributed by atoms with E-state index in [2.05, 4.69) is 98.9 Å². The Morgan fingerprint density at radius 1 is 0.425 bits per heavy atom. The number of aliphatic carboxylic acids is 1. The van der Waals surface area contributed by atoms with Gasteiger partial charge in [-0.15, -0.1) is 0 Å². The van der Waals surface area contributed by atoms with Crippen LogP contribution in [-0.4, -0.2) is 82.3 Å². The molecule has 0 bridgehead atoms. The molecule has 2 unspecified atom stereocenters. The van der Waals surface area contributed by atoms with Crippen molar-refractivity contribution >= 4 is 17.9 Å². The van der Waals surface area contributed by atoms with Gasteiger partial charge in [0.15, 0.2) is 12.4 Å². The van der Waals surface area contributed by atoms with Gasteiger partial charge in [-0.1, -0.05) is 233 Å². The number of esters is 2. The molecular weight excluding hydrogens is 911 g/mol. The average Bonchev–Trinajstić information content (AvgIpc) is 3.36. The molecule has 0 amide bonds. The van der Waals surface area contributed by atoms with Gasteiger partial charge in [0.05, 0.1) is 40.3 Å². The summed E-state index contributed by atoms with van der Waals surface area (Å²) >= 11 is 0. The number of hydrogen-bond donors (Lipinski definition) is 0. The number of hydrogen-bond acceptors (Lipinski definition) is 8. The molecule has 0 radical (unpaired) electrons. The van der Waals surface area contributed by atoms with Crippen LogP contribution in [-0.2, 0) is 33.3 Å². The zero-order chi connectivity index (χ0) is 53.4. The van der Waals surface area contributed by atoms with Crippen molar-refractivity contribution in [3.05, 3.63) is 97.2 Å². The highest BCUT2D eigenvalue weighted by molar-refractivity contribution is 5.70. The van der Waals surface area contributed by atoms with Crippen LogP contribution in [0.2, 0.25) is 0 Å². The molecule has 73 heavy (non-hydrogen) atoms. The summed E-state index contributed by atoms with van der Waals surface area (Å²) in [5, 5.41) is 11.8. The molecule has 0 N–H and O–H groups in total. The van der Waals surface area contributed by atoms with Gasteiger partial charge >= 0.3 is 11.9 Å². The van der Waals surface area contributed by atoms with E-state index in [1.54, 1.807) is 0 Å². The lowest BCUT2D eigenvalue weighted by Gasteiger charge is -2.26. The van der Waals surface area contributed by atoms with Crippen LogP contribution in [0.25, 0.3) is 0 Å². The first kappa shape index (κ1) is 69.2. The molecule has 0 aliphatic heterocycles. The molecule has 418 valence electrons. The van der Waals surface area contributed by atoms with Gasteiger partial charge in [0, 0.05) is 12.8 Å². The van der Waals surface area contributed by atoms with Crippen LogP contribution in [0.15, 0.2) is 97.2 Å². The highest BCUT2D eigenvalue weighted by atomic mass is 16.7. The van der Waals surface area contributed by atoms with E-state index < -0.39 is 24.3 Å². The summed E-state index contributed by atoms with van der Waals surface area (Å²) in [6.07, 6.45) is 70.6. The van der Waals surface area contributed by atoms with Gasteiger partial charge in [-0.2, -0.15) is 0 Å². The lowest BCUT2D eigenvalue weighted by atomic mass is 10.0. The highest BCUT2D eigenvalue weighted by Crippen LogP contribution is 2.16. The molecule has 0 aliphatic rings. The Balaban J connectivity index is 4.26. The van der Waals surface area contributed by atoms with E-state index >= 15 is 0 Å². The van der Waals surface area contributed by atoms with E-state index in [1.165, 1.54) is 135 Å². The molecular formula is C64H109NO8. The molecule has 0 heterocycles. The smallest absolute Gasteiger partial charge is 0.306 e. The number of carbonyl (C=O) groups excluding carboxylic acids is 3. The molecule has 0 aliphatic carbocycles. The number of quaternary nitrogens is 1. The third-order valence-corrected chi connectivity index (χ3v) is 12.3. The second-order valence-corrected chi connectivity index (χ2v) is 20.5. The van der Waals surface area contributed by atoms with Crippen molar-refractivity contribution in [3.8, 4) is 0 Å². The zero-order valence-corrected chi connectivity index (χ0v) is 47.5. The fourth-order valence-corrected chi connectivity index (χ4v) is 7.83. The Morgan fingerprint density at radius 2 is 0.808 bits per heavy atom. The van der Waals surface area contributed by atoms with Crippen LogP contribution in [0.4, 0.5) is 0 Å². The molecule has 9 heteroatoms. The normalized spacial score (nSPS) is 13.5. The Bertz CT molecular complexity index is 1520. The van der Waals surface area contributed by atoms with Gasteiger partial charge in [0.1, 0.15) is 13.2 Å². The Hall–Kier alpha value is -3.79. The number of unbranched alkanes of at least 4 members (excludes halogenated alkanes) is 22. The SMILES string of the molecule is CC/C=C\C/C=C\C/C=C\C/C=C\C/C=C\C/C=C\CCC(=O)OC(COC(=O)CCCCCCCCCCCCCCCCCCC/C=C\C/C=C\CCCCCCC)COC(OCC[N+](C)(C)C)C(=O)[O-]. The van der Waals surface area contributed by atoms with Gasteiger partial charge in [0.25, 0.3) is 0 Å². The maximum absolute atomic E-state index is 12.8. The summed E-state index contributed by atoms with van der Waals surface area (Å²) in [5.41, 5.74) is 0. The quantitative estimate of drug-likeness (QED) is 0.0195. The summed E-state index contributed by atoms with van der Waals surface area (Å²) in [6.45, 7) is 4.54. The molecule has 0 aromatic rings. The van der Waals surface area contributed by atoms with Gasteiger partial charge in [-0.25, -0.2) is 0 Å². The van der Waals surface area contributed by atoms with Gasteiger partial charge in [-0.05, 0) is 83.5 Å². The van der Waals surface area contributed by atoms with E-state index in [0.29, 0.717) is 17.4 Å². The minimum atomic E-state index is -1.65. The van der Waals surface area contributed by atoms with E-state index in [0.717, 1.165) is 64.2 Å². The second-order valence-electron chi connectivity index (χ2n) is 20.5. The topological polar surface area (TPSA) is 111 Å². The lowest BCUT2D eigenvalue weighted by molar-refractivity contribution is -0.870. The monoisotopic (exact) mass is 1020 g/mol. The van der Waals surface area contributed by atoms with Crippen molar-refractivity contribution in [2.24, 2.45) is 0 Å². The molecule has 0 aromatic carbocycles. The van der Waals surface area contributed by atoms with Crippen molar-refractivity contribution in [1.82, 2.24) is 0 Å². The standard InChI is InChI=1S/C64H109NO8/c1-6-8-10-12-14-16-18-20-22-24-26-27-28-29-30-31-32-33-34-35-37-38-40-42-44-46-48-50-52-54-61(66)71-58-60(59-72-64(63(68)69)70-57-56-65(3,4)5)73-62(67)55-53-51-49-47-45-43-41-39-36-25-23-21-19-17-15-13-11-9-7-2/h9,11,15,17-18,20-21,23-24,26,36,39,43,45,49,51,60,64H,6-8,10,12-14,16,19,22,25,27-35,37-38,40-42,44,46-48,50,52-59H2,1-5H3/b11-9-,17-15-,20-18-,23-21-,26-24-,39-36-,45-43-,51-49-. The Kier molecular flexibility index (Phi) is 51.6. The number of carboxylic acid groups (broad SMARTS) is 1. The van der Waals surface area contributed by atoms with Gasteiger partial charge in [-0.3, -0.25) is 9.59 Å². The summed E-state index contributed by atoms with van der Waals surface area (Å²) in [5.74, 6) is -2.40. The van der Waals surface area contributed by atoms with Crippen LogP contribution in [0.3, 0.4) is 0 Å². The first-order valence-electron chi connectivity index (χ1n) is 29.4. The maximum Gasteiger partial charge on any atom is 0.306 e. The molecule has 0 saturated carbocycles. The Labute approximate surface area is 448 Å². The van der Waals surface area contributed by atoms with Gasteiger partial charge in [0.2, 0.25) is 0 Å². The third kappa shape index (κ3) is 55.8. The van der Waals surface area contributed by atoms with E-state index in [9.17, 15) is 19.5 Å². The molecule has 0 aromatic heterocycles. The molecule has 0 saturated heterocycles. The first-order chi connectivity index (χ1) is 35.6. The summed E-state index contributed by atoms with van der Waals surface area (Å²) in [6, 6.07) is 0. The molecule has 0 spiro atoms. The van der Waals surface area contributed by atoms with Crippen LogP contribution in [0.5, 0.6) is 0 Å². The fraction of sp³-hybridized carbons (Fsp3) is 0.703. The number of likely N-dealkylation sites (N-methyl/N-ethyl adjacent to an activating group) is 1. The Morgan fingerprint density at radius 3 is 1.22 bits per heavy atom. The van der Waals surface area contributed by atoms with Crippen molar-refractivity contribution in [2.45, 2.75) is 245 Å². The number of allylic oxidation sites excluding steroid dienone is 16. The predicted octanol–water partition coefficient (Wildman–Crippen LogP) is 16.0. The van der Waals surface area contributed by atoms with Crippen LogP contribution in [0, 0.1) is 0 Å². The molecule has 0 rings (SSSR count). The number of rotatable bonds is 53. The number of carboxylic acids is 1. The molecule has 9 nitrogen and oxygen atoms in total. The van der Waals surface area contributed by atoms with E-state index in [4.69, 9.17) is 18.9 Å². The summed E-state index contributed by atoms with van der Waals surface area (Å²) in [7, 11) is 5.89. The van der Waals surface area contributed by atoms with Gasteiger partial charge < -0.3 is 33.3 Å². The lowest BCUT2D eigenvalue weighted by Crippen LogP contribution is -2.44. The average molecular weight is 1020 g/mol. The van der Waals surface area contributed by atoms with Crippen LogP contribution >= 0.6 is 0 Å². The number of nitrogens with zero attached hydrogens (tertiary/aromatic N) is 1. The van der Waals surface area contributed by atoms with Crippen molar-refractivity contribution in [2.75, 3.05) is 47.5 Å². The van der Waals surface area contributed by atoms with E-state index in [1.807, 2.05) is 33.3 Å². The molecule has 2 atom stereocenters. The van der Waals surface area contributed by atoms with Crippen molar-refractivity contribution in [3.63, 3.8) is 0 Å². The number of carbonyl (C=O) groups is 3. The van der Waals surface area contributed by atoms with E-state index in [-0.39, 0.29) is 38.6 Å². The largest absolute Gasteiger partial charge is 0.545 e. The van der Waals surface area contributed by atoms with Crippen LogP contribution in [0.1, 0.15) is 232 Å². The fourth-order valence-electron chi connectivity index (χ4n) is 7.83. The van der Waals surface area contributed by atoms with Crippen molar-refractivity contribution in [1.29, 1.82) is 0 Å². The number of ether oxygens (including phenoxy) is 4.